The maximum Gasteiger partial charge on any atom is 0.307 e. The maximum atomic E-state index is 12.2. The molecule has 1 aromatic heterocycles. The third kappa shape index (κ3) is 5.20. The Morgan fingerprint density at radius 2 is 1.76 bits per heavy atom. The molecule has 0 bridgehead atoms. The Bertz CT molecular complexity index is 1060. The van der Waals surface area contributed by atoms with E-state index < -0.39 is 21.9 Å². The highest BCUT2D eigenvalue weighted by Gasteiger charge is 2.21. The summed E-state index contributed by atoms with van der Waals surface area (Å²) in [5.41, 5.74) is 0.692. The predicted octanol–water partition coefficient (Wildman–Crippen LogP) is 3.21. The highest BCUT2D eigenvalue weighted by atomic mass is 32.2. The van der Waals surface area contributed by atoms with Gasteiger partial charge < -0.3 is 13.9 Å². The summed E-state index contributed by atoms with van der Waals surface area (Å²) in [4.78, 5) is 12.2. The second kappa shape index (κ2) is 8.87. The Morgan fingerprint density at radius 1 is 1.07 bits per heavy atom. The van der Waals surface area contributed by atoms with Crippen LogP contribution in [0.15, 0.2) is 63.9 Å². The smallest absolute Gasteiger partial charge is 0.307 e. The van der Waals surface area contributed by atoms with Crippen LogP contribution in [0.5, 0.6) is 5.75 Å². The van der Waals surface area contributed by atoms with Gasteiger partial charge in [0.15, 0.2) is 15.9 Å². The first-order valence-corrected chi connectivity index (χ1v) is 10.5. The van der Waals surface area contributed by atoms with Crippen molar-refractivity contribution in [1.82, 2.24) is 10.2 Å². The summed E-state index contributed by atoms with van der Waals surface area (Å²) in [7, 11) is -1.99. The van der Waals surface area contributed by atoms with Crippen LogP contribution in [0, 0.1) is 0 Å². The number of benzene rings is 2. The van der Waals surface area contributed by atoms with Crippen molar-refractivity contribution in [3.05, 3.63) is 60.5 Å². The van der Waals surface area contributed by atoms with Crippen LogP contribution < -0.4 is 4.74 Å². The predicted molar refractivity (Wildman–Crippen MR) is 104 cm³/mol. The molecule has 1 heterocycles. The van der Waals surface area contributed by atoms with Crippen LogP contribution in [0.3, 0.4) is 0 Å². The molecule has 8 nitrogen and oxygen atoms in total. The van der Waals surface area contributed by atoms with E-state index in [1.807, 2.05) is 0 Å². The second-order valence-corrected chi connectivity index (χ2v) is 8.30. The highest BCUT2D eigenvalue weighted by Crippen LogP contribution is 2.24. The lowest BCUT2D eigenvalue weighted by Gasteiger charge is -2.09. The molecular formula is C20H20N2O6S. The van der Waals surface area contributed by atoms with Crippen molar-refractivity contribution in [2.45, 2.75) is 24.3 Å². The van der Waals surface area contributed by atoms with Gasteiger partial charge in [-0.3, -0.25) is 4.79 Å². The van der Waals surface area contributed by atoms with Crippen LogP contribution in [0.4, 0.5) is 0 Å². The van der Waals surface area contributed by atoms with E-state index in [2.05, 4.69) is 10.2 Å². The van der Waals surface area contributed by atoms with Crippen LogP contribution in [-0.4, -0.2) is 37.4 Å². The largest absolute Gasteiger partial charge is 0.497 e. The summed E-state index contributed by atoms with van der Waals surface area (Å²) in [6.07, 6.45) is -1.08. The van der Waals surface area contributed by atoms with Gasteiger partial charge in [0, 0.05) is 5.56 Å². The first kappa shape index (κ1) is 20.5. The number of sulfone groups is 1. The van der Waals surface area contributed by atoms with Gasteiger partial charge in [0.05, 0.1) is 24.2 Å². The number of esters is 1. The number of hydrogen-bond acceptors (Lipinski definition) is 8. The van der Waals surface area contributed by atoms with Crippen molar-refractivity contribution in [3.8, 4) is 17.2 Å². The van der Waals surface area contributed by atoms with Gasteiger partial charge in [-0.1, -0.05) is 18.2 Å². The molecule has 2 aromatic carbocycles. The zero-order valence-electron chi connectivity index (χ0n) is 15.9. The molecule has 0 aliphatic rings. The fourth-order valence-corrected chi connectivity index (χ4v) is 3.76. The summed E-state index contributed by atoms with van der Waals surface area (Å²) in [6.45, 7) is 1.58. The molecule has 0 N–H and O–H groups in total. The lowest BCUT2D eigenvalue weighted by molar-refractivity contribution is -0.149. The Labute approximate surface area is 168 Å². The summed E-state index contributed by atoms with van der Waals surface area (Å²) < 4.78 is 40.4. The van der Waals surface area contributed by atoms with Gasteiger partial charge in [-0.05, 0) is 43.3 Å². The molecule has 3 aromatic rings. The number of carbonyl (C=O) groups excluding carboxylic acids is 1. The SMILES string of the molecule is COc1ccc(-c2nnc(C(C)OC(=O)CCS(=O)(=O)c3ccccc3)o2)cc1. The van der Waals surface area contributed by atoms with E-state index in [9.17, 15) is 13.2 Å². The van der Waals surface area contributed by atoms with E-state index in [1.165, 1.54) is 12.1 Å². The van der Waals surface area contributed by atoms with Gasteiger partial charge in [-0.2, -0.15) is 0 Å². The lowest BCUT2D eigenvalue weighted by atomic mass is 10.2. The van der Waals surface area contributed by atoms with Crippen LogP contribution >= 0.6 is 0 Å². The van der Waals surface area contributed by atoms with Crippen molar-refractivity contribution in [2.75, 3.05) is 12.9 Å². The summed E-state index contributed by atoms with van der Waals surface area (Å²) >= 11 is 0. The Balaban J connectivity index is 1.58. The van der Waals surface area contributed by atoms with Gasteiger partial charge in [0.25, 0.3) is 5.89 Å². The highest BCUT2D eigenvalue weighted by molar-refractivity contribution is 7.91. The molecular weight excluding hydrogens is 396 g/mol. The quantitative estimate of drug-likeness (QED) is 0.515. The second-order valence-electron chi connectivity index (χ2n) is 6.19. The normalized spacial score (nSPS) is 12.3. The molecule has 29 heavy (non-hydrogen) atoms. The summed E-state index contributed by atoms with van der Waals surface area (Å²) in [6, 6.07) is 15.0. The fraction of sp³-hybridized carbons (Fsp3) is 0.250. The van der Waals surface area contributed by atoms with Gasteiger partial charge in [-0.25, -0.2) is 8.42 Å². The van der Waals surface area contributed by atoms with E-state index in [4.69, 9.17) is 13.9 Å². The monoisotopic (exact) mass is 416 g/mol. The van der Waals surface area contributed by atoms with E-state index in [-0.39, 0.29) is 28.9 Å². The number of rotatable bonds is 8. The fourth-order valence-electron chi connectivity index (χ4n) is 2.52. The summed E-state index contributed by atoms with van der Waals surface area (Å²) in [5, 5.41) is 7.85. The van der Waals surface area contributed by atoms with Crippen LogP contribution in [0.25, 0.3) is 11.5 Å². The van der Waals surface area contributed by atoms with Crippen LogP contribution in [0.1, 0.15) is 25.3 Å². The van der Waals surface area contributed by atoms with Crippen molar-refractivity contribution < 1.29 is 27.1 Å². The number of nitrogens with zero attached hydrogens (tertiary/aromatic N) is 2. The third-order valence-corrected chi connectivity index (χ3v) is 5.84. The maximum absolute atomic E-state index is 12.2. The van der Waals surface area contributed by atoms with E-state index >= 15 is 0 Å². The zero-order valence-corrected chi connectivity index (χ0v) is 16.8. The molecule has 0 aliphatic carbocycles. The molecule has 0 fully saturated rings. The number of carbonyl (C=O) groups is 1. The van der Waals surface area contributed by atoms with Crippen molar-refractivity contribution in [2.24, 2.45) is 0 Å². The van der Waals surface area contributed by atoms with Crippen LogP contribution in [0.2, 0.25) is 0 Å². The molecule has 9 heteroatoms. The minimum absolute atomic E-state index is 0.120. The molecule has 152 valence electrons. The molecule has 0 aliphatic heterocycles. The Morgan fingerprint density at radius 3 is 2.41 bits per heavy atom. The molecule has 0 amide bonds. The van der Waals surface area contributed by atoms with Gasteiger partial charge in [0.2, 0.25) is 5.89 Å². The van der Waals surface area contributed by atoms with Crippen molar-refractivity contribution in [1.29, 1.82) is 0 Å². The van der Waals surface area contributed by atoms with Gasteiger partial charge >= 0.3 is 5.97 Å². The van der Waals surface area contributed by atoms with E-state index in [0.717, 1.165) is 0 Å². The lowest BCUT2D eigenvalue weighted by Crippen LogP contribution is -2.15. The topological polar surface area (TPSA) is 109 Å². The van der Waals surface area contributed by atoms with Gasteiger partial charge in [0.1, 0.15) is 5.75 Å². The van der Waals surface area contributed by atoms with E-state index in [1.54, 1.807) is 56.5 Å². The molecule has 0 saturated carbocycles. The van der Waals surface area contributed by atoms with Crippen molar-refractivity contribution >= 4 is 15.8 Å². The first-order valence-electron chi connectivity index (χ1n) is 8.84. The average Bonchev–Trinajstić information content (AvgIpc) is 3.23. The molecule has 1 atom stereocenters. The Hall–Kier alpha value is -3.20. The third-order valence-electron chi connectivity index (χ3n) is 4.11. The summed E-state index contributed by atoms with van der Waals surface area (Å²) in [5.74, 6) is 0.0819. The minimum atomic E-state index is -3.56. The Kier molecular flexibility index (Phi) is 6.28. The average molecular weight is 416 g/mol. The first-order chi connectivity index (χ1) is 13.9. The number of aromatic nitrogens is 2. The number of ether oxygens (including phenoxy) is 2. The minimum Gasteiger partial charge on any atom is -0.497 e. The molecule has 0 spiro atoms. The number of hydrogen-bond donors (Lipinski definition) is 0. The van der Waals surface area contributed by atoms with Gasteiger partial charge in [-0.15, -0.1) is 10.2 Å². The standard InChI is InChI=1S/C20H20N2O6S/c1-14(19-21-22-20(28-19)15-8-10-16(26-2)11-9-15)27-18(23)12-13-29(24,25)17-6-4-3-5-7-17/h3-11,14H,12-13H2,1-2H3. The van der Waals surface area contributed by atoms with Crippen LogP contribution in [-0.2, 0) is 19.4 Å². The molecule has 0 saturated heterocycles. The van der Waals surface area contributed by atoms with E-state index in [0.29, 0.717) is 11.3 Å². The zero-order chi connectivity index (χ0) is 20.9. The van der Waals surface area contributed by atoms with Crippen molar-refractivity contribution in [3.63, 3.8) is 0 Å². The molecule has 1 unspecified atom stereocenters. The molecule has 3 rings (SSSR count). The molecule has 0 radical (unpaired) electrons. The number of methoxy groups -OCH3 is 1.